The first kappa shape index (κ1) is 17.7. The van der Waals surface area contributed by atoms with Crippen molar-refractivity contribution in [2.24, 2.45) is 0 Å². The molecule has 0 saturated heterocycles. The predicted octanol–water partition coefficient (Wildman–Crippen LogP) is 1.29. The van der Waals surface area contributed by atoms with Gasteiger partial charge in [-0.3, -0.25) is 14.9 Å². The minimum absolute atomic E-state index is 0.0239. The molecule has 1 aromatic heterocycles. The molecule has 0 aliphatic rings. The zero-order valence-corrected chi connectivity index (χ0v) is 13.8. The van der Waals surface area contributed by atoms with Crippen LogP contribution in [-0.2, 0) is 4.79 Å². The largest absolute Gasteiger partial charge is 0.396 e. The molecule has 2 amide bonds. The Kier molecular flexibility index (Phi) is 6.10. The van der Waals surface area contributed by atoms with Crippen LogP contribution in [0.25, 0.3) is 0 Å². The van der Waals surface area contributed by atoms with Gasteiger partial charge in [0.25, 0.3) is 5.91 Å². The summed E-state index contributed by atoms with van der Waals surface area (Å²) in [5, 5.41) is 18.3. The number of aliphatic hydroxyl groups excluding tert-OH is 1. The van der Waals surface area contributed by atoms with Crippen molar-refractivity contribution in [1.29, 1.82) is 0 Å². The maximum atomic E-state index is 12.2. The number of carbonyl (C=O) groups excluding carboxylic acids is 2. The van der Waals surface area contributed by atoms with Crippen molar-refractivity contribution in [3.63, 3.8) is 0 Å². The third kappa shape index (κ3) is 4.43. The Morgan fingerprint density at radius 2 is 2.12 bits per heavy atom. The predicted molar refractivity (Wildman–Crippen MR) is 92.2 cm³/mol. The molecule has 3 N–H and O–H groups in total. The number of aromatic amines is 1. The molecule has 0 spiro atoms. The first-order valence-electron chi connectivity index (χ1n) is 7.02. The Labute approximate surface area is 143 Å². The number of nitrogens with zero attached hydrogens (tertiary/aromatic N) is 3. The lowest BCUT2D eigenvalue weighted by molar-refractivity contribution is -0.113. The molecule has 0 aliphatic heterocycles. The molecule has 126 valence electrons. The highest BCUT2D eigenvalue weighted by Gasteiger charge is 2.12. The Balaban J connectivity index is 2.01. The Hall–Kier alpha value is -2.65. The summed E-state index contributed by atoms with van der Waals surface area (Å²) >= 11 is 1.27. The van der Waals surface area contributed by atoms with E-state index in [2.05, 4.69) is 27.1 Å². The Morgan fingerprint density at radius 1 is 1.42 bits per heavy atom. The number of aliphatic hydroxyl groups is 1. The zero-order chi connectivity index (χ0) is 17.5. The number of carbonyl (C=O) groups is 2. The van der Waals surface area contributed by atoms with E-state index in [1.165, 1.54) is 22.7 Å². The second-order valence-electron chi connectivity index (χ2n) is 4.64. The molecule has 0 radical (unpaired) electrons. The third-order valence-electron chi connectivity index (χ3n) is 3.04. The molecule has 0 saturated carbocycles. The summed E-state index contributed by atoms with van der Waals surface area (Å²) in [6, 6.07) is 6.54. The van der Waals surface area contributed by atoms with E-state index in [9.17, 15) is 9.59 Å². The van der Waals surface area contributed by atoms with Gasteiger partial charge in [0.15, 0.2) is 0 Å². The van der Waals surface area contributed by atoms with Gasteiger partial charge in [0, 0.05) is 24.1 Å². The van der Waals surface area contributed by atoms with Gasteiger partial charge >= 0.3 is 0 Å². The van der Waals surface area contributed by atoms with Crippen molar-refractivity contribution in [3.05, 3.63) is 42.5 Å². The third-order valence-corrected chi connectivity index (χ3v) is 3.87. The van der Waals surface area contributed by atoms with Crippen molar-refractivity contribution < 1.29 is 14.7 Å². The van der Waals surface area contributed by atoms with E-state index in [4.69, 9.17) is 5.11 Å². The van der Waals surface area contributed by atoms with Crippen LogP contribution in [0.4, 0.5) is 11.6 Å². The van der Waals surface area contributed by atoms with Crippen molar-refractivity contribution in [2.45, 2.75) is 5.16 Å². The van der Waals surface area contributed by atoms with Crippen LogP contribution >= 0.6 is 11.8 Å². The van der Waals surface area contributed by atoms with Gasteiger partial charge in [-0.2, -0.15) is 4.98 Å². The quantitative estimate of drug-likeness (QED) is 0.514. The van der Waals surface area contributed by atoms with Crippen LogP contribution in [0.1, 0.15) is 10.4 Å². The van der Waals surface area contributed by atoms with Crippen LogP contribution in [-0.4, -0.2) is 51.5 Å². The fourth-order valence-corrected chi connectivity index (χ4v) is 2.32. The fourth-order valence-electron chi connectivity index (χ4n) is 1.78. The fraction of sp³-hybridized carbons (Fsp3) is 0.200. The van der Waals surface area contributed by atoms with E-state index in [1.54, 1.807) is 31.3 Å². The van der Waals surface area contributed by atoms with Gasteiger partial charge < -0.3 is 10.0 Å². The number of aromatic nitrogens is 3. The molecule has 0 fully saturated rings. The molecular weight excluding hydrogens is 330 g/mol. The zero-order valence-electron chi connectivity index (χ0n) is 13.0. The lowest BCUT2D eigenvalue weighted by atomic mass is 10.2. The van der Waals surface area contributed by atoms with Crippen LogP contribution in [0.3, 0.4) is 0 Å². The highest BCUT2D eigenvalue weighted by Crippen LogP contribution is 2.16. The molecule has 1 heterocycles. The maximum absolute atomic E-state index is 12.2. The lowest BCUT2D eigenvalue weighted by Gasteiger charge is -2.15. The summed E-state index contributed by atoms with van der Waals surface area (Å²) in [6.45, 7) is 3.46. The molecule has 8 nitrogen and oxygen atoms in total. The lowest BCUT2D eigenvalue weighted by Crippen LogP contribution is -2.23. The number of nitrogens with one attached hydrogen (secondary N) is 2. The Morgan fingerprint density at radius 3 is 2.75 bits per heavy atom. The highest BCUT2D eigenvalue weighted by atomic mass is 32.2. The number of rotatable bonds is 7. The topological polar surface area (TPSA) is 111 Å². The van der Waals surface area contributed by atoms with Gasteiger partial charge in [0.1, 0.15) is 0 Å². The van der Waals surface area contributed by atoms with Crippen molar-refractivity contribution >= 4 is 35.2 Å². The van der Waals surface area contributed by atoms with Crippen molar-refractivity contribution in [3.8, 4) is 0 Å². The number of anilines is 2. The van der Waals surface area contributed by atoms with Gasteiger partial charge in [0.2, 0.25) is 17.0 Å². The van der Waals surface area contributed by atoms with Crippen LogP contribution < -0.4 is 10.2 Å². The number of hydrogen-bond donors (Lipinski definition) is 3. The van der Waals surface area contributed by atoms with E-state index in [0.717, 1.165) is 0 Å². The molecule has 24 heavy (non-hydrogen) atoms. The van der Waals surface area contributed by atoms with Crippen LogP contribution in [0, 0.1) is 0 Å². The molecule has 0 aliphatic carbocycles. The molecule has 0 atom stereocenters. The van der Waals surface area contributed by atoms with Crippen LogP contribution in [0.2, 0.25) is 0 Å². The highest BCUT2D eigenvalue weighted by molar-refractivity contribution is 7.99. The molecular formula is C15H17N5O3S. The second kappa shape index (κ2) is 8.27. The van der Waals surface area contributed by atoms with Gasteiger partial charge in [-0.1, -0.05) is 18.3 Å². The van der Waals surface area contributed by atoms with Gasteiger partial charge in [-0.15, -0.1) is 5.10 Å². The molecule has 2 rings (SSSR count). The summed E-state index contributed by atoms with van der Waals surface area (Å²) in [5.74, 6) is 0.114. The first-order valence-corrected chi connectivity index (χ1v) is 8.01. The molecule has 0 unspecified atom stereocenters. The smallest absolute Gasteiger partial charge is 0.258 e. The number of thioether (sulfide) groups is 1. The monoisotopic (exact) mass is 347 g/mol. The normalized spacial score (nSPS) is 10.2. The van der Waals surface area contributed by atoms with Gasteiger partial charge in [-0.05, 0) is 30.3 Å². The van der Waals surface area contributed by atoms with Crippen LogP contribution in [0.5, 0.6) is 0 Å². The van der Waals surface area contributed by atoms with E-state index >= 15 is 0 Å². The average Bonchev–Trinajstić information content (AvgIpc) is 3.06. The number of benzene rings is 1. The summed E-state index contributed by atoms with van der Waals surface area (Å²) in [5.41, 5.74) is 1.07. The summed E-state index contributed by atoms with van der Waals surface area (Å²) in [6.07, 6.45) is 1.22. The van der Waals surface area contributed by atoms with Crippen molar-refractivity contribution in [2.75, 3.05) is 29.6 Å². The number of hydrogen-bond acceptors (Lipinski definition) is 6. The second-order valence-corrected chi connectivity index (χ2v) is 5.70. The van der Waals surface area contributed by atoms with Gasteiger partial charge in [0.05, 0.1) is 6.61 Å². The van der Waals surface area contributed by atoms with E-state index in [-0.39, 0.29) is 24.4 Å². The molecule has 9 heteroatoms. The van der Waals surface area contributed by atoms with E-state index in [1.807, 2.05) is 0 Å². The van der Waals surface area contributed by atoms with E-state index in [0.29, 0.717) is 22.2 Å². The average molecular weight is 347 g/mol. The first-order chi connectivity index (χ1) is 11.5. The Bertz CT molecular complexity index is 729. The number of likely N-dealkylation sites (N-methyl/N-ethyl adjacent to an activating group) is 1. The van der Waals surface area contributed by atoms with Crippen molar-refractivity contribution in [1.82, 2.24) is 15.2 Å². The van der Waals surface area contributed by atoms with Gasteiger partial charge in [-0.25, -0.2) is 5.10 Å². The summed E-state index contributed by atoms with van der Waals surface area (Å²) in [7, 11) is 1.62. The standard InChI is InChI=1S/C15H17N5O3S/c1-3-12(22)20(2)11-6-4-10(5-7-11)13(23)16-14-17-15(19-18-14)24-9-8-21/h3-7,21H,1,8-9H2,2H3,(H2,16,17,18,19,23). The minimum atomic E-state index is -0.353. The SMILES string of the molecule is C=CC(=O)N(C)c1ccc(C(=O)Nc2nc(SCCO)n[nH]2)cc1. The minimum Gasteiger partial charge on any atom is -0.396 e. The number of amides is 2. The van der Waals surface area contributed by atoms with Crippen LogP contribution in [0.15, 0.2) is 42.1 Å². The maximum Gasteiger partial charge on any atom is 0.258 e. The molecule has 2 aromatic rings. The van der Waals surface area contributed by atoms with E-state index < -0.39 is 0 Å². The summed E-state index contributed by atoms with van der Waals surface area (Å²) < 4.78 is 0. The summed E-state index contributed by atoms with van der Waals surface area (Å²) in [4.78, 5) is 29.2. The molecule has 0 bridgehead atoms. The molecule has 1 aromatic carbocycles. The number of H-pyrrole nitrogens is 1.